The van der Waals surface area contributed by atoms with Crippen molar-refractivity contribution in [1.82, 2.24) is 4.98 Å². The van der Waals surface area contributed by atoms with Gasteiger partial charge >= 0.3 is 5.97 Å². The first-order valence-electron chi connectivity index (χ1n) is 8.91. The maximum absolute atomic E-state index is 12.7. The molecule has 152 valence electrons. The van der Waals surface area contributed by atoms with Gasteiger partial charge in [0.05, 0.1) is 16.9 Å². The fourth-order valence-corrected chi connectivity index (χ4v) is 4.50. The number of nitrogens with zero attached hydrogens (tertiary/aromatic N) is 1. The molecule has 0 fully saturated rings. The summed E-state index contributed by atoms with van der Waals surface area (Å²) in [5.74, 6) is -2.71. The average Bonchev–Trinajstić information content (AvgIpc) is 3.06. The van der Waals surface area contributed by atoms with E-state index in [1.54, 1.807) is 42.6 Å². The predicted molar refractivity (Wildman–Crippen MR) is 115 cm³/mol. The zero-order valence-corrected chi connectivity index (χ0v) is 16.9. The Morgan fingerprint density at radius 3 is 2.33 bits per heavy atom. The van der Waals surface area contributed by atoms with E-state index in [-0.39, 0.29) is 5.56 Å². The first-order chi connectivity index (χ1) is 14.3. The van der Waals surface area contributed by atoms with Crippen LogP contribution in [0.4, 0.5) is 11.4 Å². The van der Waals surface area contributed by atoms with Gasteiger partial charge in [0.25, 0.3) is 0 Å². The number of anilines is 2. The summed E-state index contributed by atoms with van der Waals surface area (Å²) >= 11 is 13.1. The van der Waals surface area contributed by atoms with Crippen LogP contribution in [-0.2, 0) is 10.5 Å². The lowest BCUT2D eigenvalue weighted by atomic mass is 9.81. The van der Waals surface area contributed by atoms with Gasteiger partial charge in [0.1, 0.15) is 5.92 Å². The Labute approximate surface area is 181 Å². The standard InChI is InChI=1S/C21H16Cl2N4O3/c22-13-4-1-5-14(23)18(13)21(17(19(24)28)12-3-2-8-25-10-12)26-15-7-6-11(20(29)30)9-16(15)27-21/h1-10,17,26-27H,(H2,24,28)(H,29,30). The number of aromatic carboxylic acids is 1. The number of nitrogens with one attached hydrogen (secondary N) is 2. The number of benzene rings is 2. The normalized spacial score (nSPS) is 18.1. The Morgan fingerprint density at radius 1 is 1.03 bits per heavy atom. The Balaban J connectivity index is 1.98. The number of carbonyl (C=O) groups excluding carboxylic acids is 1. The lowest BCUT2D eigenvalue weighted by Gasteiger charge is -2.38. The van der Waals surface area contributed by atoms with Crippen LogP contribution in [-0.4, -0.2) is 22.0 Å². The molecule has 0 aliphatic carbocycles. The number of pyridine rings is 1. The number of fused-ring (bicyclic) bond motifs is 1. The van der Waals surface area contributed by atoms with Gasteiger partial charge in [-0.3, -0.25) is 9.78 Å². The highest BCUT2D eigenvalue weighted by molar-refractivity contribution is 6.36. The van der Waals surface area contributed by atoms with Gasteiger partial charge in [0.2, 0.25) is 5.91 Å². The highest BCUT2D eigenvalue weighted by Gasteiger charge is 2.51. The zero-order valence-electron chi connectivity index (χ0n) is 15.4. The number of carboxylic acid groups (broad SMARTS) is 1. The highest BCUT2D eigenvalue weighted by atomic mass is 35.5. The molecular weight excluding hydrogens is 427 g/mol. The fourth-order valence-electron chi connectivity index (χ4n) is 3.81. The van der Waals surface area contributed by atoms with Crippen molar-refractivity contribution in [3.63, 3.8) is 0 Å². The van der Waals surface area contributed by atoms with Crippen LogP contribution in [0.1, 0.15) is 27.4 Å². The Morgan fingerprint density at radius 2 is 1.73 bits per heavy atom. The Bertz CT molecular complexity index is 1140. The summed E-state index contributed by atoms with van der Waals surface area (Å²) in [6.07, 6.45) is 3.12. The first-order valence-corrected chi connectivity index (χ1v) is 9.66. The van der Waals surface area contributed by atoms with Crippen LogP contribution < -0.4 is 16.4 Å². The Kier molecular flexibility index (Phi) is 5.01. The number of aromatic nitrogens is 1. The third-order valence-electron chi connectivity index (χ3n) is 5.02. The molecule has 5 N–H and O–H groups in total. The molecule has 0 saturated carbocycles. The van der Waals surface area contributed by atoms with Gasteiger partial charge < -0.3 is 21.5 Å². The molecule has 1 amide bonds. The molecule has 0 radical (unpaired) electrons. The van der Waals surface area contributed by atoms with Gasteiger partial charge in [-0.15, -0.1) is 0 Å². The molecule has 0 saturated heterocycles. The molecule has 0 bridgehead atoms. The number of primary amides is 1. The molecule has 1 aromatic heterocycles. The maximum Gasteiger partial charge on any atom is 0.335 e. The van der Waals surface area contributed by atoms with Crippen LogP contribution in [0.5, 0.6) is 0 Å². The van der Waals surface area contributed by atoms with Crippen LogP contribution in [0.3, 0.4) is 0 Å². The summed E-state index contributed by atoms with van der Waals surface area (Å²) in [7, 11) is 0. The number of amides is 1. The van der Waals surface area contributed by atoms with Crippen LogP contribution in [0.25, 0.3) is 0 Å². The van der Waals surface area contributed by atoms with Crippen LogP contribution in [0.15, 0.2) is 60.9 Å². The largest absolute Gasteiger partial charge is 0.478 e. The van der Waals surface area contributed by atoms with E-state index in [0.717, 1.165) is 0 Å². The minimum Gasteiger partial charge on any atom is -0.478 e. The molecule has 2 atom stereocenters. The highest BCUT2D eigenvalue weighted by Crippen LogP contribution is 2.51. The van der Waals surface area contributed by atoms with Crippen molar-refractivity contribution in [2.45, 2.75) is 11.6 Å². The van der Waals surface area contributed by atoms with Gasteiger partial charge in [0, 0.05) is 28.0 Å². The molecule has 1 aliphatic rings. The fraction of sp³-hybridized carbons (Fsp3) is 0.0952. The average molecular weight is 443 g/mol. The van der Waals surface area contributed by atoms with Crippen molar-refractivity contribution in [2.24, 2.45) is 5.73 Å². The van der Waals surface area contributed by atoms with E-state index < -0.39 is 23.5 Å². The number of halogens is 2. The van der Waals surface area contributed by atoms with Crippen LogP contribution >= 0.6 is 23.2 Å². The van der Waals surface area contributed by atoms with Gasteiger partial charge in [-0.05, 0) is 42.0 Å². The van der Waals surface area contributed by atoms with E-state index in [2.05, 4.69) is 15.6 Å². The molecule has 9 heteroatoms. The second-order valence-electron chi connectivity index (χ2n) is 6.84. The lowest BCUT2D eigenvalue weighted by molar-refractivity contribution is -0.120. The van der Waals surface area contributed by atoms with E-state index in [4.69, 9.17) is 28.9 Å². The van der Waals surface area contributed by atoms with E-state index >= 15 is 0 Å². The quantitative estimate of drug-likeness (QED) is 0.473. The summed E-state index contributed by atoms with van der Waals surface area (Å²) in [6.45, 7) is 0. The molecule has 0 spiro atoms. The number of carbonyl (C=O) groups is 2. The topological polar surface area (TPSA) is 117 Å². The van der Waals surface area contributed by atoms with Crippen molar-refractivity contribution < 1.29 is 14.7 Å². The molecule has 2 unspecified atom stereocenters. The van der Waals surface area contributed by atoms with Crippen molar-refractivity contribution in [3.05, 3.63) is 87.7 Å². The smallest absolute Gasteiger partial charge is 0.335 e. The molecule has 3 aromatic rings. The third-order valence-corrected chi connectivity index (χ3v) is 5.65. The van der Waals surface area contributed by atoms with Gasteiger partial charge in [-0.25, -0.2) is 4.79 Å². The van der Waals surface area contributed by atoms with E-state index in [1.165, 1.54) is 18.3 Å². The molecule has 30 heavy (non-hydrogen) atoms. The number of hydrogen-bond donors (Lipinski definition) is 4. The summed E-state index contributed by atoms with van der Waals surface area (Å²) in [5, 5.41) is 16.5. The van der Waals surface area contributed by atoms with E-state index in [0.29, 0.717) is 32.5 Å². The number of carboxylic acids is 1. The lowest BCUT2D eigenvalue weighted by Crippen LogP contribution is -2.50. The number of nitrogens with two attached hydrogens (primary N) is 1. The second-order valence-corrected chi connectivity index (χ2v) is 7.66. The monoisotopic (exact) mass is 442 g/mol. The van der Waals surface area contributed by atoms with Crippen LogP contribution in [0, 0.1) is 0 Å². The molecule has 1 aliphatic heterocycles. The van der Waals surface area contributed by atoms with Gasteiger partial charge in [0.15, 0.2) is 5.66 Å². The zero-order chi connectivity index (χ0) is 21.5. The summed E-state index contributed by atoms with van der Waals surface area (Å²) in [4.78, 5) is 28.3. The predicted octanol–water partition coefficient (Wildman–Crippen LogP) is 4.05. The number of hydrogen-bond acceptors (Lipinski definition) is 5. The minimum atomic E-state index is -1.37. The second kappa shape index (κ2) is 7.51. The molecule has 4 rings (SSSR count). The minimum absolute atomic E-state index is 0.0844. The molecule has 2 aromatic carbocycles. The van der Waals surface area contributed by atoms with Crippen molar-refractivity contribution in [3.8, 4) is 0 Å². The van der Waals surface area contributed by atoms with E-state index in [1.807, 2.05) is 0 Å². The Hall–Kier alpha value is -3.29. The molecular formula is C21H16Cl2N4O3. The van der Waals surface area contributed by atoms with Crippen molar-refractivity contribution in [1.29, 1.82) is 0 Å². The van der Waals surface area contributed by atoms with E-state index in [9.17, 15) is 14.7 Å². The SMILES string of the molecule is NC(=O)C(c1cccnc1)C1(c2c(Cl)cccc2Cl)Nc2ccc(C(=O)O)cc2N1. The first kappa shape index (κ1) is 20.0. The van der Waals surface area contributed by atoms with Crippen LogP contribution in [0.2, 0.25) is 10.0 Å². The van der Waals surface area contributed by atoms with Gasteiger partial charge in [-0.2, -0.15) is 0 Å². The van der Waals surface area contributed by atoms with Crippen molar-refractivity contribution in [2.75, 3.05) is 10.6 Å². The number of rotatable bonds is 5. The van der Waals surface area contributed by atoms with Gasteiger partial charge in [-0.1, -0.05) is 35.3 Å². The maximum atomic E-state index is 12.7. The molecule has 7 nitrogen and oxygen atoms in total. The third kappa shape index (κ3) is 3.22. The summed E-state index contributed by atoms with van der Waals surface area (Å²) < 4.78 is 0. The summed E-state index contributed by atoms with van der Waals surface area (Å²) in [6, 6.07) is 13.0. The van der Waals surface area contributed by atoms with Crippen molar-refractivity contribution >= 4 is 46.5 Å². The summed E-state index contributed by atoms with van der Waals surface area (Å²) in [5.41, 5.74) is 6.56. The molecule has 2 heterocycles.